The van der Waals surface area contributed by atoms with Crippen molar-refractivity contribution in [3.8, 4) is 0 Å². The Kier molecular flexibility index (Phi) is 5.36. The van der Waals surface area contributed by atoms with Crippen molar-refractivity contribution < 1.29 is 19.4 Å². The highest BCUT2D eigenvalue weighted by molar-refractivity contribution is 7.17. The molecule has 0 aromatic carbocycles. The summed E-state index contributed by atoms with van der Waals surface area (Å²) >= 11 is 1.42. The molecular weight excluding hydrogens is 290 g/mol. The number of carboxylic acids is 1. The monoisotopic (exact) mass is 311 g/mol. The molecule has 2 N–H and O–H groups in total. The molecule has 1 aliphatic carbocycles. The zero-order valence-electron chi connectivity index (χ0n) is 12.4. The molecular formula is C15H21NO4S. The lowest BCUT2D eigenvalue weighted by molar-refractivity contribution is -0.117. The van der Waals surface area contributed by atoms with E-state index in [1.165, 1.54) is 11.3 Å². The topological polar surface area (TPSA) is 75.6 Å². The molecule has 1 heterocycles. The number of carbonyl (C=O) groups excluding carboxylic acids is 1. The Morgan fingerprint density at radius 1 is 1.38 bits per heavy atom. The molecule has 2 rings (SSSR count). The van der Waals surface area contributed by atoms with E-state index in [1.807, 2.05) is 6.92 Å². The van der Waals surface area contributed by atoms with Crippen molar-refractivity contribution in [3.05, 3.63) is 16.0 Å². The molecule has 1 amide bonds. The first kappa shape index (κ1) is 16.0. The van der Waals surface area contributed by atoms with Gasteiger partial charge >= 0.3 is 5.97 Å². The summed E-state index contributed by atoms with van der Waals surface area (Å²) in [5.74, 6) is -0.992. The summed E-state index contributed by atoms with van der Waals surface area (Å²) in [6.07, 6.45) is 4.14. The molecule has 5 nitrogen and oxygen atoms in total. The molecule has 1 aromatic rings. The van der Waals surface area contributed by atoms with Crippen LogP contribution in [0.4, 0.5) is 5.00 Å². The Bertz CT molecular complexity index is 538. The Balaban J connectivity index is 2.14. The standard InChI is InChI=1S/C15H21NO4S/c1-9(8-20-2)7-12(17)16-14-13(15(18)19)10-5-3-4-6-11(10)21-14/h9H,3-8H2,1-2H3,(H,16,17)(H,18,19). The SMILES string of the molecule is COCC(C)CC(=O)Nc1sc2c(c1C(=O)O)CCCC2. The molecule has 0 bridgehead atoms. The quantitative estimate of drug-likeness (QED) is 0.847. The van der Waals surface area contributed by atoms with Gasteiger partial charge in [0.05, 0.1) is 5.56 Å². The van der Waals surface area contributed by atoms with Gasteiger partial charge in [0.25, 0.3) is 0 Å². The number of fused-ring (bicyclic) bond motifs is 1. The minimum absolute atomic E-state index is 0.109. The third-order valence-electron chi connectivity index (χ3n) is 3.62. The van der Waals surface area contributed by atoms with Gasteiger partial charge in [-0.2, -0.15) is 0 Å². The van der Waals surface area contributed by atoms with E-state index in [1.54, 1.807) is 7.11 Å². The van der Waals surface area contributed by atoms with E-state index in [4.69, 9.17) is 4.74 Å². The third kappa shape index (κ3) is 3.83. The average molecular weight is 311 g/mol. The average Bonchev–Trinajstić information content (AvgIpc) is 2.76. The van der Waals surface area contributed by atoms with Gasteiger partial charge in [-0.15, -0.1) is 11.3 Å². The molecule has 116 valence electrons. The van der Waals surface area contributed by atoms with Gasteiger partial charge < -0.3 is 15.2 Å². The number of ether oxygens (including phenoxy) is 1. The van der Waals surface area contributed by atoms with Crippen LogP contribution in [0.5, 0.6) is 0 Å². The van der Waals surface area contributed by atoms with E-state index in [-0.39, 0.29) is 11.8 Å². The molecule has 1 unspecified atom stereocenters. The van der Waals surface area contributed by atoms with E-state index in [0.717, 1.165) is 36.1 Å². The van der Waals surface area contributed by atoms with Gasteiger partial charge in [-0.1, -0.05) is 6.92 Å². The van der Waals surface area contributed by atoms with Crippen LogP contribution in [0.15, 0.2) is 0 Å². The van der Waals surface area contributed by atoms with Crippen LogP contribution < -0.4 is 5.32 Å². The second-order valence-corrected chi connectivity index (χ2v) is 6.64. The number of methoxy groups -OCH3 is 1. The van der Waals surface area contributed by atoms with Crippen molar-refractivity contribution in [2.24, 2.45) is 5.92 Å². The smallest absolute Gasteiger partial charge is 0.339 e. The predicted molar refractivity (Wildman–Crippen MR) is 82.2 cm³/mol. The summed E-state index contributed by atoms with van der Waals surface area (Å²) in [7, 11) is 1.60. The number of rotatable bonds is 6. The molecule has 21 heavy (non-hydrogen) atoms. The highest BCUT2D eigenvalue weighted by atomic mass is 32.1. The van der Waals surface area contributed by atoms with Crippen LogP contribution in [-0.4, -0.2) is 30.7 Å². The minimum Gasteiger partial charge on any atom is -0.478 e. The summed E-state index contributed by atoms with van der Waals surface area (Å²) in [5.41, 5.74) is 1.21. The zero-order valence-corrected chi connectivity index (χ0v) is 13.2. The van der Waals surface area contributed by atoms with Crippen molar-refractivity contribution >= 4 is 28.2 Å². The molecule has 1 aromatic heterocycles. The first-order valence-electron chi connectivity index (χ1n) is 7.19. The number of nitrogens with one attached hydrogen (secondary N) is 1. The Morgan fingerprint density at radius 3 is 2.76 bits per heavy atom. The maximum atomic E-state index is 12.0. The minimum atomic E-state index is -0.949. The van der Waals surface area contributed by atoms with Crippen LogP contribution in [0.3, 0.4) is 0 Å². The molecule has 0 saturated heterocycles. The number of hydrogen-bond donors (Lipinski definition) is 2. The van der Waals surface area contributed by atoms with E-state index >= 15 is 0 Å². The number of aromatic carboxylic acids is 1. The predicted octanol–water partition coefficient (Wildman–Crippen LogP) is 2.94. The molecule has 0 aliphatic heterocycles. The Hall–Kier alpha value is -1.40. The number of anilines is 1. The van der Waals surface area contributed by atoms with E-state index < -0.39 is 5.97 Å². The van der Waals surface area contributed by atoms with Crippen LogP contribution in [-0.2, 0) is 22.4 Å². The van der Waals surface area contributed by atoms with Gasteiger partial charge in [0.15, 0.2) is 0 Å². The second-order valence-electron chi connectivity index (χ2n) is 5.53. The fraction of sp³-hybridized carbons (Fsp3) is 0.600. The fourth-order valence-electron chi connectivity index (χ4n) is 2.72. The summed E-state index contributed by atoms with van der Waals surface area (Å²) in [4.78, 5) is 24.6. The molecule has 0 fully saturated rings. The first-order valence-corrected chi connectivity index (χ1v) is 8.01. The number of aryl methyl sites for hydroxylation is 1. The summed E-state index contributed by atoms with van der Waals surface area (Å²) in [6, 6.07) is 0. The van der Waals surface area contributed by atoms with Gasteiger partial charge in [-0.3, -0.25) is 4.79 Å². The fourth-order valence-corrected chi connectivity index (χ4v) is 4.02. The number of thiophene rings is 1. The number of carbonyl (C=O) groups is 2. The number of amides is 1. The van der Waals surface area contributed by atoms with Crippen LogP contribution in [0, 0.1) is 5.92 Å². The lowest BCUT2D eigenvalue weighted by Gasteiger charge is -2.11. The van der Waals surface area contributed by atoms with Crippen molar-refractivity contribution in [3.63, 3.8) is 0 Å². The highest BCUT2D eigenvalue weighted by Gasteiger charge is 2.26. The van der Waals surface area contributed by atoms with Gasteiger partial charge in [0, 0.05) is 25.0 Å². The lowest BCUT2D eigenvalue weighted by atomic mass is 9.95. The molecule has 0 radical (unpaired) electrons. The van der Waals surface area contributed by atoms with Crippen molar-refractivity contribution in [1.29, 1.82) is 0 Å². The zero-order chi connectivity index (χ0) is 15.4. The second kappa shape index (κ2) is 7.04. The molecule has 1 aliphatic rings. The summed E-state index contributed by atoms with van der Waals surface area (Å²) in [6.45, 7) is 2.45. The summed E-state index contributed by atoms with van der Waals surface area (Å²) < 4.78 is 5.01. The van der Waals surface area contributed by atoms with Gasteiger partial charge in [-0.05, 0) is 37.2 Å². The Morgan fingerprint density at radius 2 is 2.10 bits per heavy atom. The molecule has 6 heteroatoms. The summed E-state index contributed by atoms with van der Waals surface area (Å²) in [5, 5.41) is 12.7. The van der Waals surface area contributed by atoms with Crippen molar-refractivity contribution in [2.75, 3.05) is 19.0 Å². The van der Waals surface area contributed by atoms with Gasteiger partial charge in [0.1, 0.15) is 5.00 Å². The van der Waals surface area contributed by atoms with E-state index in [0.29, 0.717) is 23.6 Å². The third-order valence-corrected chi connectivity index (χ3v) is 4.83. The van der Waals surface area contributed by atoms with Gasteiger partial charge in [-0.25, -0.2) is 4.79 Å². The van der Waals surface area contributed by atoms with Crippen molar-refractivity contribution in [2.45, 2.75) is 39.0 Å². The van der Waals surface area contributed by atoms with Gasteiger partial charge in [0.2, 0.25) is 5.91 Å². The maximum Gasteiger partial charge on any atom is 0.339 e. The van der Waals surface area contributed by atoms with Crippen LogP contribution in [0.25, 0.3) is 0 Å². The maximum absolute atomic E-state index is 12.0. The number of carboxylic acid groups (broad SMARTS) is 1. The molecule has 0 spiro atoms. The van der Waals surface area contributed by atoms with E-state index in [2.05, 4.69) is 5.32 Å². The highest BCUT2D eigenvalue weighted by Crippen LogP contribution is 2.38. The van der Waals surface area contributed by atoms with E-state index in [9.17, 15) is 14.7 Å². The van der Waals surface area contributed by atoms with Crippen LogP contribution in [0.1, 0.15) is 47.0 Å². The molecule has 1 atom stereocenters. The molecule has 0 saturated carbocycles. The first-order chi connectivity index (χ1) is 10.0. The van der Waals surface area contributed by atoms with Crippen LogP contribution in [0.2, 0.25) is 0 Å². The van der Waals surface area contributed by atoms with Crippen LogP contribution >= 0.6 is 11.3 Å². The number of hydrogen-bond acceptors (Lipinski definition) is 4. The lowest BCUT2D eigenvalue weighted by Crippen LogP contribution is -2.18. The Labute approximate surface area is 128 Å². The normalized spacial score (nSPS) is 15.3. The largest absolute Gasteiger partial charge is 0.478 e. The van der Waals surface area contributed by atoms with Crippen molar-refractivity contribution in [1.82, 2.24) is 0 Å².